The van der Waals surface area contributed by atoms with Crippen molar-refractivity contribution in [1.29, 1.82) is 0 Å². The van der Waals surface area contributed by atoms with Gasteiger partial charge in [-0.2, -0.15) is 0 Å². The largest absolute Gasteiger partial charge is 0.497 e. The average Bonchev–Trinajstić information content (AvgIpc) is 3.54. The molecular weight excluding hydrogens is 362 g/mol. The van der Waals surface area contributed by atoms with Gasteiger partial charge in [-0.15, -0.1) is 0 Å². The summed E-state index contributed by atoms with van der Waals surface area (Å²) in [5.74, 6) is 3.87. The second kappa shape index (κ2) is 9.02. The van der Waals surface area contributed by atoms with E-state index in [0.29, 0.717) is 18.2 Å². The maximum absolute atomic E-state index is 12.6. The highest BCUT2D eigenvalue weighted by Gasteiger charge is 2.29. The van der Waals surface area contributed by atoms with Crippen LogP contribution in [-0.2, 0) is 17.8 Å². The van der Waals surface area contributed by atoms with Crippen molar-refractivity contribution in [1.82, 2.24) is 14.5 Å². The summed E-state index contributed by atoms with van der Waals surface area (Å²) >= 11 is 0. The topological polar surface area (TPSA) is 47.4 Å². The number of hydrogen-bond acceptors (Lipinski definition) is 3. The van der Waals surface area contributed by atoms with Gasteiger partial charge >= 0.3 is 0 Å². The zero-order chi connectivity index (χ0) is 20.2. The van der Waals surface area contributed by atoms with Crippen molar-refractivity contribution in [2.75, 3.05) is 20.2 Å². The number of aromatic nitrogens is 2. The van der Waals surface area contributed by atoms with Gasteiger partial charge in [-0.05, 0) is 69.1 Å². The summed E-state index contributed by atoms with van der Waals surface area (Å²) in [6, 6.07) is 8.02. The molecule has 1 aliphatic heterocycles. The summed E-state index contributed by atoms with van der Waals surface area (Å²) in [6.45, 7) is 5.06. The number of ether oxygens (including phenoxy) is 1. The van der Waals surface area contributed by atoms with Gasteiger partial charge in [0.2, 0.25) is 5.91 Å². The molecule has 0 N–H and O–H groups in total. The van der Waals surface area contributed by atoms with Crippen LogP contribution < -0.4 is 4.74 Å². The van der Waals surface area contributed by atoms with Crippen molar-refractivity contribution in [3.63, 3.8) is 0 Å². The molecule has 0 bridgehead atoms. The molecule has 4 rings (SSSR count). The van der Waals surface area contributed by atoms with E-state index in [9.17, 15) is 4.79 Å². The van der Waals surface area contributed by atoms with Crippen molar-refractivity contribution in [2.24, 2.45) is 5.92 Å². The maximum Gasteiger partial charge on any atom is 0.222 e. The molecule has 5 heteroatoms. The lowest BCUT2D eigenvalue weighted by Gasteiger charge is -2.32. The van der Waals surface area contributed by atoms with Crippen LogP contribution in [0.3, 0.4) is 0 Å². The molecule has 2 aromatic rings. The number of likely N-dealkylation sites (tertiary alicyclic amines) is 1. The number of rotatable bonds is 8. The number of hydrogen-bond donors (Lipinski definition) is 0. The summed E-state index contributed by atoms with van der Waals surface area (Å²) < 4.78 is 7.63. The fraction of sp³-hybridized carbons (Fsp3) is 0.583. The van der Waals surface area contributed by atoms with E-state index in [2.05, 4.69) is 21.4 Å². The second-order valence-electron chi connectivity index (χ2n) is 8.64. The Balaban J connectivity index is 1.20. The summed E-state index contributed by atoms with van der Waals surface area (Å²) in [7, 11) is 1.67. The van der Waals surface area contributed by atoms with Crippen molar-refractivity contribution in [3.8, 4) is 5.75 Å². The average molecular weight is 396 g/mol. The van der Waals surface area contributed by atoms with Gasteiger partial charge < -0.3 is 14.2 Å². The molecule has 29 heavy (non-hydrogen) atoms. The molecular formula is C24H33N3O2. The molecule has 0 atom stereocenters. The Labute approximate surface area is 174 Å². The van der Waals surface area contributed by atoms with E-state index >= 15 is 0 Å². The van der Waals surface area contributed by atoms with Gasteiger partial charge in [0.1, 0.15) is 11.6 Å². The third-order valence-electron chi connectivity index (χ3n) is 6.54. The van der Waals surface area contributed by atoms with E-state index in [1.807, 2.05) is 30.5 Å². The Morgan fingerprint density at radius 2 is 1.86 bits per heavy atom. The summed E-state index contributed by atoms with van der Waals surface area (Å²) in [4.78, 5) is 19.3. The van der Waals surface area contributed by atoms with Crippen LogP contribution >= 0.6 is 0 Å². The first-order valence-electron chi connectivity index (χ1n) is 11.1. The lowest BCUT2D eigenvalue weighted by molar-refractivity contribution is -0.132. The van der Waals surface area contributed by atoms with Gasteiger partial charge in [0.05, 0.1) is 7.11 Å². The number of imidazole rings is 1. The van der Waals surface area contributed by atoms with Gasteiger partial charge in [0.15, 0.2) is 0 Å². The summed E-state index contributed by atoms with van der Waals surface area (Å²) in [6.07, 6.45) is 9.47. The second-order valence-corrected chi connectivity index (χ2v) is 8.64. The molecule has 2 heterocycles. The Kier molecular flexibility index (Phi) is 6.22. The van der Waals surface area contributed by atoms with Crippen LogP contribution in [0.2, 0.25) is 0 Å². The number of nitrogens with zero attached hydrogens (tertiary/aromatic N) is 3. The summed E-state index contributed by atoms with van der Waals surface area (Å²) in [5.41, 5.74) is 2.48. The van der Waals surface area contributed by atoms with Crippen molar-refractivity contribution in [3.05, 3.63) is 47.5 Å². The van der Waals surface area contributed by atoms with Crippen LogP contribution in [0.25, 0.3) is 0 Å². The molecule has 1 amide bonds. The Morgan fingerprint density at radius 1 is 1.14 bits per heavy atom. The van der Waals surface area contributed by atoms with E-state index in [-0.39, 0.29) is 0 Å². The highest BCUT2D eigenvalue weighted by molar-refractivity contribution is 5.76. The zero-order valence-corrected chi connectivity index (χ0v) is 17.8. The quantitative estimate of drug-likeness (QED) is 0.668. The first kappa shape index (κ1) is 20.0. The molecule has 0 spiro atoms. The third-order valence-corrected chi connectivity index (χ3v) is 6.54. The molecule has 1 aromatic heterocycles. The normalized spacial score (nSPS) is 17.5. The lowest BCUT2D eigenvalue weighted by atomic mass is 9.93. The number of amides is 1. The number of methoxy groups -OCH3 is 1. The van der Waals surface area contributed by atoms with E-state index in [1.165, 1.54) is 36.3 Å². The molecule has 2 fully saturated rings. The molecule has 1 saturated heterocycles. The molecule has 1 aliphatic carbocycles. The van der Waals surface area contributed by atoms with Gasteiger partial charge in [-0.3, -0.25) is 4.79 Å². The third kappa shape index (κ3) is 5.01. The van der Waals surface area contributed by atoms with E-state index in [0.717, 1.165) is 50.6 Å². The molecule has 1 aromatic carbocycles. The molecule has 156 valence electrons. The highest BCUT2D eigenvalue weighted by Crippen LogP contribution is 2.39. The number of carbonyl (C=O) groups excluding carboxylic acids is 1. The smallest absolute Gasteiger partial charge is 0.222 e. The standard InChI is InChI=1S/C24H33N3O2/c1-18-17-25-24(21-6-7-21)27(18)16-13-20-11-14-26(15-12-20)23(28)10-5-19-3-8-22(29-2)9-4-19/h3-4,8-9,17,20-21H,5-7,10-16H2,1-2H3. The molecule has 5 nitrogen and oxygen atoms in total. The SMILES string of the molecule is COc1ccc(CCC(=O)N2CCC(CCn3c(C)cnc3C3CC3)CC2)cc1. The Morgan fingerprint density at radius 3 is 2.52 bits per heavy atom. The zero-order valence-electron chi connectivity index (χ0n) is 17.8. The number of benzene rings is 1. The Bertz CT molecular complexity index is 815. The minimum atomic E-state index is 0.292. The first-order chi connectivity index (χ1) is 14.1. The van der Waals surface area contributed by atoms with Gasteiger partial charge in [0, 0.05) is 43.9 Å². The fourth-order valence-corrected chi connectivity index (χ4v) is 4.42. The van der Waals surface area contributed by atoms with Gasteiger partial charge in [0.25, 0.3) is 0 Å². The molecule has 2 aliphatic rings. The lowest BCUT2D eigenvalue weighted by Crippen LogP contribution is -2.38. The van der Waals surface area contributed by atoms with Crippen LogP contribution in [0, 0.1) is 12.8 Å². The molecule has 0 unspecified atom stereocenters. The maximum atomic E-state index is 12.6. The fourth-order valence-electron chi connectivity index (χ4n) is 4.42. The molecule has 0 radical (unpaired) electrons. The number of carbonyl (C=O) groups is 1. The first-order valence-corrected chi connectivity index (χ1v) is 11.1. The van der Waals surface area contributed by atoms with Crippen LogP contribution in [0.4, 0.5) is 0 Å². The van der Waals surface area contributed by atoms with E-state index in [1.54, 1.807) is 7.11 Å². The van der Waals surface area contributed by atoms with Crippen LogP contribution in [0.15, 0.2) is 30.5 Å². The predicted molar refractivity (Wildman–Crippen MR) is 114 cm³/mol. The highest BCUT2D eigenvalue weighted by atomic mass is 16.5. The van der Waals surface area contributed by atoms with Crippen LogP contribution in [0.1, 0.15) is 61.5 Å². The van der Waals surface area contributed by atoms with Crippen LogP contribution in [-0.4, -0.2) is 40.6 Å². The van der Waals surface area contributed by atoms with E-state index < -0.39 is 0 Å². The minimum Gasteiger partial charge on any atom is -0.497 e. The van der Waals surface area contributed by atoms with Crippen molar-refractivity contribution < 1.29 is 9.53 Å². The van der Waals surface area contributed by atoms with E-state index in [4.69, 9.17) is 4.74 Å². The predicted octanol–water partition coefficient (Wildman–Crippen LogP) is 4.34. The number of piperidine rings is 1. The summed E-state index contributed by atoms with van der Waals surface area (Å²) in [5, 5.41) is 0. The van der Waals surface area contributed by atoms with Gasteiger partial charge in [-0.25, -0.2) is 4.98 Å². The number of aryl methyl sites for hydroxylation is 2. The Hall–Kier alpha value is -2.30. The van der Waals surface area contributed by atoms with Gasteiger partial charge in [-0.1, -0.05) is 12.1 Å². The van der Waals surface area contributed by atoms with Crippen LogP contribution in [0.5, 0.6) is 5.75 Å². The van der Waals surface area contributed by atoms with Crippen molar-refractivity contribution in [2.45, 2.75) is 64.3 Å². The monoisotopic (exact) mass is 395 g/mol. The minimum absolute atomic E-state index is 0.292. The van der Waals surface area contributed by atoms with Crippen molar-refractivity contribution >= 4 is 5.91 Å². The molecule has 1 saturated carbocycles.